The normalized spacial score (nSPS) is 12.1. The van der Waals surface area contributed by atoms with Crippen molar-refractivity contribution in [2.45, 2.75) is 20.0 Å². The highest BCUT2D eigenvalue weighted by Gasteiger charge is 2.10. The molecule has 0 saturated carbocycles. The lowest BCUT2D eigenvalue weighted by Crippen LogP contribution is -2.14. The Kier molecular flexibility index (Phi) is 3.23. The van der Waals surface area contributed by atoms with Crippen molar-refractivity contribution in [1.29, 1.82) is 0 Å². The average Bonchev–Trinajstić information content (AvgIpc) is 2.29. The number of nitrogens with zero attached hydrogens (tertiary/aromatic N) is 1. The van der Waals surface area contributed by atoms with Gasteiger partial charge in [-0.3, -0.25) is 4.79 Å². The lowest BCUT2D eigenvalue weighted by molar-refractivity contribution is 0.221. The second kappa shape index (κ2) is 4.82. The predicted molar refractivity (Wildman–Crippen MR) is 65.1 cm³/mol. The maximum atomic E-state index is 11.3. The fourth-order valence-electron chi connectivity index (χ4n) is 1.57. The number of hydrogen-bond donors (Lipinski definition) is 1. The zero-order valence-electron chi connectivity index (χ0n) is 9.81. The van der Waals surface area contributed by atoms with Gasteiger partial charge in [0.15, 0.2) is 0 Å². The Morgan fingerprint density at radius 2 is 2.00 bits per heavy atom. The van der Waals surface area contributed by atoms with E-state index in [0.717, 1.165) is 5.75 Å². The van der Waals surface area contributed by atoms with Crippen LogP contribution in [0.25, 0.3) is 0 Å². The summed E-state index contributed by atoms with van der Waals surface area (Å²) in [6.45, 7) is 3.62. The summed E-state index contributed by atoms with van der Waals surface area (Å²) in [6, 6.07) is 10.9. The van der Waals surface area contributed by atoms with Gasteiger partial charge in [-0.05, 0) is 26.0 Å². The van der Waals surface area contributed by atoms with Gasteiger partial charge >= 0.3 is 0 Å². The fraction of sp³-hybridized carbons (Fsp3) is 0.231. The maximum absolute atomic E-state index is 11.3. The molecule has 4 nitrogen and oxygen atoms in total. The predicted octanol–water partition coefficient (Wildman–Crippen LogP) is 2.22. The van der Waals surface area contributed by atoms with E-state index in [1.807, 2.05) is 37.3 Å². The van der Waals surface area contributed by atoms with Crippen molar-refractivity contribution in [3.63, 3.8) is 0 Å². The molecule has 0 fully saturated rings. The van der Waals surface area contributed by atoms with E-state index in [4.69, 9.17) is 4.74 Å². The van der Waals surface area contributed by atoms with Gasteiger partial charge in [0, 0.05) is 6.07 Å². The summed E-state index contributed by atoms with van der Waals surface area (Å²) in [5.74, 6) is 1.36. The topological polar surface area (TPSA) is 55.0 Å². The van der Waals surface area contributed by atoms with Crippen LogP contribution in [0.15, 0.2) is 41.2 Å². The smallest absolute Gasteiger partial charge is 0.251 e. The lowest BCUT2D eigenvalue weighted by atomic mass is 10.2. The first-order valence-electron chi connectivity index (χ1n) is 5.45. The van der Waals surface area contributed by atoms with E-state index >= 15 is 0 Å². The number of para-hydroxylation sites is 1. The first-order valence-corrected chi connectivity index (χ1v) is 5.45. The summed E-state index contributed by atoms with van der Waals surface area (Å²) < 4.78 is 5.70. The highest BCUT2D eigenvalue weighted by molar-refractivity contribution is 5.22. The summed E-state index contributed by atoms with van der Waals surface area (Å²) in [5, 5.41) is 0. The second-order valence-corrected chi connectivity index (χ2v) is 3.83. The molecule has 4 heteroatoms. The van der Waals surface area contributed by atoms with Crippen molar-refractivity contribution in [1.82, 2.24) is 9.97 Å². The van der Waals surface area contributed by atoms with Crippen LogP contribution in [0.3, 0.4) is 0 Å². The Hall–Kier alpha value is -2.10. The van der Waals surface area contributed by atoms with Gasteiger partial charge in [-0.25, -0.2) is 4.98 Å². The molecule has 2 rings (SSSR count). The van der Waals surface area contributed by atoms with E-state index in [-0.39, 0.29) is 11.7 Å². The van der Waals surface area contributed by atoms with Crippen LogP contribution < -0.4 is 10.3 Å². The third-order valence-corrected chi connectivity index (χ3v) is 2.35. The van der Waals surface area contributed by atoms with Gasteiger partial charge in [0.25, 0.3) is 5.56 Å². The van der Waals surface area contributed by atoms with E-state index in [1.165, 1.54) is 6.07 Å². The average molecular weight is 230 g/mol. The molecule has 1 N–H and O–H groups in total. The molecular weight excluding hydrogens is 216 g/mol. The van der Waals surface area contributed by atoms with E-state index in [1.54, 1.807) is 6.92 Å². The minimum absolute atomic E-state index is 0.156. The molecule has 0 unspecified atom stereocenters. The molecule has 0 radical (unpaired) electrons. The molecule has 2 aromatic rings. The first kappa shape index (κ1) is 11.4. The lowest BCUT2D eigenvalue weighted by Gasteiger charge is -2.14. The number of H-pyrrole nitrogens is 1. The van der Waals surface area contributed by atoms with Crippen LogP contribution in [0.4, 0.5) is 0 Å². The van der Waals surface area contributed by atoms with Crippen molar-refractivity contribution in [3.8, 4) is 5.75 Å². The van der Waals surface area contributed by atoms with E-state index < -0.39 is 0 Å². The molecule has 0 spiro atoms. The Bertz CT molecular complexity index is 549. The Labute approximate surface area is 99.3 Å². The second-order valence-electron chi connectivity index (χ2n) is 3.83. The number of aromatic nitrogens is 2. The molecule has 1 heterocycles. The van der Waals surface area contributed by atoms with Crippen molar-refractivity contribution < 1.29 is 4.74 Å². The summed E-state index contributed by atoms with van der Waals surface area (Å²) in [6.07, 6.45) is -0.251. The van der Waals surface area contributed by atoms with Crippen LogP contribution in [0, 0.1) is 6.92 Å². The molecule has 88 valence electrons. The third kappa shape index (κ3) is 2.93. The van der Waals surface area contributed by atoms with Crippen LogP contribution in [0.1, 0.15) is 24.5 Å². The molecule has 0 aliphatic heterocycles. The number of benzene rings is 1. The van der Waals surface area contributed by atoms with Gasteiger partial charge < -0.3 is 9.72 Å². The minimum Gasteiger partial charge on any atom is -0.484 e. The standard InChI is InChI=1S/C13H14N2O2/c1-9(17-11-6-4-3-5-7-11)12-8-13(16)15-10(2)14-12/h3-9H,1-2H3,(H,14,15,16)/t9-/m1/s1. The summed E-state index contributed by atoms with van der Waals surface area (Å²) in [5.41, 5.74) is 0.478. The summed E-state index contributed by atoms with van der Waals surface area (Å²) in [4.78, 5) is 18.2. The van der Waals surface area contributed by atoms with Crippen LogP contribution in [0.2, 0.25) is 0 Å². The van der Waals surface area contributed by atoms with Gasteiger partial charge in [-0.2, -0.15) is 0 Å². The van der Waals surface area contributed by atoms with Crippen molar-refractivity contribution >= 4 is 0 Å². The van der Waals surface area contributed by atoms with E-state index in [2.05, 4.69) is 9.97 Å². The van der Waals surface area contributed by atoms with Crippen molar-refractivity contribution in [2.75, 3.05) is 0 Å². The van der Waals surface area contributed by atoms with Crippen LogP contribution in [-0.2, 0) is 0 Å². The van der Waals surface area contributed by atoms with Crippen molar-refractivity contribution in [2.24, 2.45) is 0 Å². The first-order chi connectivity index (χ1) is 8.15. The van der Waals surface area contributed by atoms with Crippen molar-refractivity contribution in [3.05, 3.63) is 58.3 Å². The number of aromatic amines is 1. The van der Waals surface area contributed by atoms with E-state index in [9.17, 15) is 4.79 Å². The van der Waals surface area contributed by atoms with Gasteiger partial charge in [-0.15, -0.1) is 0 Å². The Morgan fingerprint density at radius 3 is 2.65 bits per heavy atom. The number of nitrogens with one attached hydrogen (secondary N) is 1. The summed E-state index contributed by atoms with van der Waals surface area (Å²) in [7, 11) is 0. The molecule has 1 atom stereocenters. The molecular formula is C13H14N2O2. The molecule has 0 amide bonds. The van der Waals surface area contributed by atoms with Gasteiger partial charge in [0.05, 0.1) is 5.69 Å². The number of ether oxygens (including phenoxy) is 1. The molecule has 1 aromatic carbocycles. The van der Waals surface area contributed by atoms with Crippen LogP contribution in [-0.4, -0.2) is 9.97 Å². The number of hydrogen-bond acceptors (Lipinski definition) is 3. The molecule has 0 bridgehead atoms. The molecule has 17 heavy (non-hydrogen) atoms. The molecule has 0 aliphatic rings. The zero-order valence-corrected chi connectivity index (χ0v) is 9.81. The van der Waals surface area contributed by atoms with Gasteiger partial charge in [0.2, 0.25) is 0 Å². The number of aryl methyl sites for hydroxylation is 1. The number of rotatable bonds is 3. The third-order valence-electron chi connectivity index (χ3n) is 2.35. The Morgan fingerprint density at radius 1 is 1.29 bits per heavy atom. The highest BCUT2D eigenvalue weighted by Crippen LogP contribution is 2.18. The zero-order chi connectivity index (χ0) is 12.3. The largest absolute Gasteiger partial charge is 0.484 e. The minimum atomic E-state index is -0.251. The Balaban J connectivity index is 2.20. The monoisotopic (exact) mass is 230 g/mol. The fourth-order valence-corrected chi connectivity index (χ4v) is 1.57. The quantitative estimate of drug-likeness (QED) is 0.879. The molecule has 1 aromatic heterocycles. The highest BCUT2D eigenvalue weighted by atomic mass is 16.5. The van der Waals surface area contributed by atoms with Crippen LogP contribution >= 0.6 is 0 Å². The molecule has 0 aliphatic carbocycles. The SMILES string of the molecule is Cc1nc([C@@H](C)Oc2ccccc2)cc(=O)[nH]1. The molecule has 0 saturated heterocycles. The van der Waals surface area contributed by atoms with E-state index in [0.29, 0.717) is 11.5 Å². The van der Waals surface area contributed by atoms with Gasteiger partial charge in [-0.1, -0.05) is 18.2 Å². The summed E-state index contributed by atoms with van der Waals surface area (Å²) >= 11 is 0. The van der Waals surface area contributed by atoms with Gasteiger partial charge in [0.1, 0.15) is 17.7 Å². The van der Waals surface area contributed by atoms with Crippen LogP contribution in [0.5, 0.6) is 5.75 Å². The maximum Gasteiger partial charge on any atom is 0.251 e.